The van der Waals surface area contributed by atoms with E-state index >= 15 is 0 Å². The number of non-ortho nitro benzene ring substituents is 1. The smallest absolute Gasteiger partial charge is 0.269 e. The number of nitro groups is 1. The van der Waals surface area contributed by atoms with Crippen LogP contribution in [0.3, 0.4) is 0 Å². The molecule has 0 atom stereocenters. The molecule has 0 radical (unpaired) electrons. The van der Waals surface area contributed by atoms with Crippen molar-refractivity contribution in [1.29, 1.82) is 0 Å². The summed E-state index contributed by atoms with van der Waals surface area (Å²) in [6.07, 6.45) is 1.76. The van der Waals surface area contributed by atoms with Crippen molar-refractivity contribution in [3.8, 4) is 0 Å². The lowest BCUT2D eigenvalue weighted by Gasteiger charge is -2.23. The first kappa shape index (κ1) is 18.3. The van der Waals surface area contributed by atoms with Gasteiger partial charge in [0.1, 0.15) is 0 Å². The van der Waals surface area contributed by atoms with Crippen molar-refractivity contribution in [2.24, 2.45) is 0 Å². The first-order valence-corrected chi connectivity index (χ1v) is 9.11. The zero-order valence-electron chi connectivity index (χ0n) is 13.0. The highest BCUT2D eigenvalue weighted by Gasteiger charge is 2.18. The lowest BCUT2D eigenvalue weighted by atomic mass is 10.1. The van der Waals surface area contributed by atoms with Crippen LogP contribution in [0.2, 0.25) is 0 Å². The van der Waals surface area contributed by atoms with E-state index in [0.29, 0.717) is 0 Å². The highest BCUT2D eigenvalue weighted by molar-refractivity contribution is 7.89. The summed E-state index contributed by atoms with van der Waals surface area (Å²) in [5.74, 6) is -0.201. The van der Waals surface area contributed by atoms with Crippen molar-refractivity contribution in [2.75, 3.05) is 19.6 Å². The number of piperidine rings is 1. The number of carbonyl (C=O) groups excluding carboxylic acids is 1. The SMILES string of the molecule is O=C(CCNS(=O)(=O)c1ccc([N+](=O)[O-])cc1)NC1CCNCC1. The molecule has 0 unspecified atom stereocenters. The summed E-state index contributed by atoms with van der Waals surface area (Å²) in [4.78, 5) is 21.7. The van der Waals surface area contributed by atoms with Gasteiger partial charge in [0.25, 0.3) is 5.69 Å². The molecular weight excluding hydrogens is 336 g/mol. The maximum Gasteiger partial charge on any atom is 0.269 e. The highest BCUT2D eigenvalue weighted by Crippen LogP contribution is 2.15. The van der Waals surface area contributed by atoms with E-state index < -0.39 is 14.9 Å². The zero-order valence-corrected chi connectivity index (χ0v) is 13.8. The van der Waals surface area contributed by atoms with Crippen molar-refractivity contribution in [1.82, 2.24) is 15.4 Å². The van der Waals surface area contributed by atoms with E-state index in [9.17, 15) is 23.3 Å². The standard InChI is InChI=1S/C14H20N4O5S/c19-14(17-11-5-8-15-9-6-11)7-10-16-24(22,23)13-3-1-12(2-4-13)18(20)21/h1-4,11,15-16H,5-10H2,(H,17,19). The van der Waals surface area contributed by atoms with E-state index in [0.717, 1.165) is 50.2 Å². The van der Waals surface area contributed by atoms with Crippen LogP contribution in [0.15, 0.2) is 29.2 Å². The third kappa shape index (κ3) is 5.25. The number of sulfonamides is 1. The lowest BCUT2D eigenvalue weighted by molar-refractivity contribution is -0.384. The molecule has 9 nitrogen and oxygen atoms in total. The van der Waals surface area contributed by atoms with E-state index in [4.69, 9.17) is 0 Å². The van der Waals surface area contributed by atoms with Gasteiger partial charge in [-0.25, -0.2) is 13.1 Å². The summed E-state index contributed by atoms with van der Waals surface area (Å²) in [7, 11) is -3.79. The average molecular weight is 356 g/mol. The van der Waals surface area contributed by atoms with Gasteiger partial charge in [-0.1, -0.05) is 0 Å². The zero-order chi connectivity index (χ0) is 17.6. The Morgan fingerprint density at radius 3 is 2.46 bits per heavy atom. The van der Waals surface area contributed by atoms with Gasteiger partial charge in [-0.2, -0.15) is 0 Å². The van der Waals surface area contributed by atoms with Gasteiger partial charge >= 0.3 is 0 Å². The van der Waals surface area contributed by atoms with E-state index in [1.165, 1.54) is 0 Å². The second-order valence-electron chi connectivity index (χ2n) is 5.49. The summed E-state index contributed by atoms with van der Waals surface area (Å²) >= 11 is 0. The molecule has 2 rings (SSSR count). The van der Waals surface area contributed by atoms with Crippen LogP contribution in [0.4, 0.5) is 5.69 Å². The Morgan fingerprint density at radius 2 is 1.88 bits per heavy atom. The number of amides is 1. The normalized spacial score (nSPS) is 15.8. The first-order valence-electron chi connectivity index (χ1n) is 7.63. The van der Waals surface area contributed by atoms with Crippen LogP contribution in [0, 0.1) is 10.1 Å². The Morgan fingerprint density at radius 1 is 1.25 bits per heavy atom. The first-order chi connectivity index (χ1) is 11.4. The molecule has 1 amide bonds. The minimum absolute atomic E-state index is 0.0316. The second kappa shape index (κ2) is 8.18. The molecule has 0 aliphatic carbocycles. The molecule has 3 N–H and O–H groups in total. The molecule has 1 aromatic rings. The number of rotatable bonds is 7. The van der Waals surface area contributed by atoms with E-state index in [-0.39, 0.29) is 35.5 Å². The molecule has 1 heterocycles. The van der Waals surface area contributed by atoms with Gasteiger partial charge in [0.05, 0.1) is 9.82 Å². The Hall–Kier alpha value is -2.04. The molecule has 132 valence electrons. The molecule has 1 aliphatic heterocycles. The monoisotopic (exact) mass is 356 g/mol. The van der Waals surface area contributed by atoms with Crippen molar-refractivity contribution >= 4 is 21.6 Å². The Labute approximate surface area is 140 Å². The van der Waals surface area contributed by atoms with E-state index in [2.05, 4.69) is 15.4 Å². The molecule has 0 aromatic heterocycles. The molecule has 0 bridgehead atoms. The van der Waals surface area contributed by atoms with Gasteiger partial charge in [0, 0.05) is 31.1 Å². The fourth-order valence-corrected chi connectivity index (χ4v) is 3.43. The minimum Gasteiger partial charge on any atom is -0.353 e. The van der Waals surface area contributed by atoms with Gasteiger partial charge in [-0.05, 0) is 38.1 Å². The summed E-state index contributed by atoms with van der Waals surface area (Å²) in [5, 5.41) is 16.6. The molecular formula is C14H20N4O5S. The van der Waals surface area contributed by atoms with Gasteiger partial charge in [0.15, 0.2) is 0 Å². The Balaban J connectivity index is 1.81. The fraction of sp³-hybridized carbons (Fsp3) is 0.500. The number of nitrogens with zero attached hydrogens (tertiary/aromatic N) is 1. The predicted molar refractivity (Wildman–Crippen MR) is 86.9 cm³/mol. The predicted octanol–water partition coefficient (Wildman–Crippen LogP) is 0.131. The Bertz CT molecular complexity index is 684. The molecule has 1 saturated heterocycles. The molecule has 0 saturated carbocycles. The number of carbonyl (C=O) groups is 1. The van der Waals surface area contributed by atoms with Crippen LogP contribution >= 0.6 is 0 Å². The summed E-state index contributed by atoms with van der Waals surface area (Å²) in [6, 6.07) is 4.70. The average Bonchev–Trinajstić information content (AvgIpc) is 2.55. The highest BCUT2D eigenvalue weighted by atomic mass is 32.2. The molecule has 0 spiro atoms. The quantitative estimate of drug-likeness (QED) is 0.470. The molecule has 1 aromatic carbocycles. The van der Waals surface area contributed by atoms with Crippen molar-refractivity contribution < 1.29 is 18.1 Å². The molecule has 24 heavy (non-hydrogen) atoms. The van der Waals surface area contributed by atoms with Crippen molar-refractivity contribution in [2.45, 2.75) is 30.2 Å². The van der Waals surface area contributed by atoms with Gasteiger partial charge < -0.3 is 10.6 Å². The maximum absolute atomic E-state index is 12.1. The number of hydrogen-bond acceptors (Lipinski definition) is 6. The topological polar surface area (TPSA) is 130 Å². The summed E-state index contributed by atoms with van der Waals surface area (Å²) in [6.45, 7) is 1.69. The third-order valence-corrected chi connectivity index (χ3v) is 5.18. The second-order valence-corrected chi connectivity index (χ2v) is 7.26. The minimum atomic E-state index is -3.79. The number of benzene rings is 1. The van der Waals surface area contributed by atoms with Gasteiger partial charge in [0.2, 0.25) is 15.9 Å². The van der Waals surface area contributed by atoms with E-state index in [1.807, 2.05) is 0 Å². The molecule has 1 aliphatic rings. The van der Waals surface area contributed by atoms with Crippen LogP contribution in [-0.4, -0.2) is 44.9 Å². The summed E-state index contributed by atoms with van der Waals surface area (Å²) in [5.41, 5.74) is -0.185. The van der Waals surface area contributed by atoms with Crippen LogP contribution in [0.5, 0.6) is 0 Å². The van der Waals surface area contributed by atoms with Crippen LogP contribution in [0.25, 0.3) is 0 Å². The van der Waals surface area contributed by atoms with Crippen LogP contribution in [0.1, 0.15) is 19.3 Å². The van der Waals surface area contributed by atoms with Gasteiger partial charge in [-0.15, -0.1) is 0 Å². The number of nitrogens with one attached hydrogen (secondary N) is 3. The van der Waals surface area contributed by atoms with Crippen molar-refractivity contribution in [3.63, 3.8) is 0 Å². The number of nitro benzene ring substituents is 1. The van der Waals surface area contributed by atoms with E-state index in [1.54, 1.807) is 0 Å². The fourth-order valence-electron chi connectivity index (χ4n) is 2.40. The Kier molecular flexibility index (Phi) is 6.23. The summed E-state index contributed by atoms with van der Waals surface area (Å²) < 4.78 is 26.4. The lowest BCUT2D eigenvalue weighted by Crippen LogP contribution is -2.43. The maximum atomic E-state index is 12.1. The van der Waals surface area contributed by atoms with Crippen LogP contribution in [-0.2, 0) is 14.8 Å². The van der Waals surface area contributed by atoms with Crippen LogP contribution < -0.4 is 15.4 Å². The van der Waals surface area contributed by atoms with Gasteiger partial charge in [-0.3, -0.25) is 14.9 Å². The third-order valence-electron chi connectivity index (χ3n) is 3.71. The molecule has 10 heteroatoms. The largest absolute Gasteiger partial charge is 0.353 e. The number of hydrogen-bond donors (Lipinski definition) is 3. The van der Waals surface area contributed by atoms with Crippen molar-refractivity contribution in [3.05, 3.63) is 34.4 Å². The molecule has 1 fully saturated rings.